The summed E-state index contributed by atoms with van der Waals surface area (Å²) in [7, 11) is 0. The zero-order valence-electron chi connectivity index (χ0n) is 15.2. The highest BCUT2D eigenvalue weighted by Gasteiger charge is 2.12. The molecule has 0 radical (unpaired) electrons. The molecule has 4 aromatic rings. The predicted octanol–water partition coefficient (Wildman–Crippen LogP) is 4.39. The van der Waals surface area contributed by atoms with Crippen molar-refractivity contribution in [2.24, 2.45) is 0 Å². The van der Waals surface area contributed by atoms with E-state index in [9.17, 15) is 14.0 Å². The molecule has 4 rings (SSSR count). The molecule has 0 fully saturated rings. The fraction of sp³-hybridized carbons (Fsp3) is 0. The van der Waals surface area contributed by atoms with Crippen LogP contribution in [-0.4, -0.2) is 16.8 Å². The Hall–Kier alpha value is -4.13. The van der Waals surface area contributed by atoms with Crippen LogP contribution < -0.4 is 16.4 Å². The van der Waals surface area contributed by atoms with Crippen molar-refractivity contribution in [2.45, 2.75) is 0 Å². The number of hydrogen-bond acceptors (Lipinski definition) is 3. The molecule has 0 aliphatic heterocycles. The molecule has 1 aromatic heterocycles. The van der Waals surface area contributed by atoms with Crippen molar-refractivity contribution < 1.29 is 14.0 Å². The van der Waals surface area contributed by atoms with E-state index in [-0.39, 0.29) is 11.6 Å². The first-order valence-electron chi connectivity index (χ1n) is 8.85. The number of rotatable bonds is 4. The van der Waals surface area contributed by atoms with Gasteiger partial charge in [0.05, 0.1) is 17.1 Å². The van der Waals surface area contributed by atoms with E-state index < -0.39 is 11.7 Å². The van der Waals surface area contributed by atoms with Crippen LogP contribution in [0, 0.1) is 5.82 Å². The van der Waals surface area contributed by atoms with Crippen LogP contribution >= 0.6 is 0 Å². The molecule has 0 unspecified atom stereocenters. The van der Waals surface area contributed by atoms with Crippen molar-refractivity contribution in [3.63, 3.8) is 0 Å². The van der Waals surface area contributed by atoms with Crippen molar-refractivity contribution in [1.29, 1.82) is 0 Å². The van der Waals surface area contributed by atoms with Crippen LogP contribution in [-0.2, 0) is 0 Å². The van der Waals surface area contributed by atoms with E-state index in [0.29, 0.717) is 22.5 Å². The quantitative estimate of drug-likeness (QED) is 0.390. The molecule has 0 atom stereocenters. The number of H-pyrrole nitrogens is 1. The lowest BCUT2D eigenvalue weighted by atomic mass is 10.1. The Labute approximate surface area is 165 Å². The van der Waals surface area contributed by atoms with E-state index in [2.05, 4.69) is 15.6 Å². The SMILES string of the molecule is Nc1cc(F)ccc1NC(=O)c1ccc(C(=O)Nc2cccc3[nH]ccc23)cc1. The van der Waals surface area contributed by atoms with Gasteiger partial charge < -0.3 is 21.4 Å². The maximum Gasteiger partial charge on any atom is 0.255 e. The summed E-state index contributed by atoms with van der Waals surface area (Å²) in [5.41, 5.74) is 8.54. The second kappa shape index (κ2) is 7.47. The van der Waals surface area contributed by atoms with Gasteiger partial charge in [0.25, 0.3) is 11.8 Å². The monoisotopic (exact) mass is 388 g/mol. The topological polar surface area (TPSA) is 100 Å². The van der Waals surface area contributed by atoms with E-state index in [1.54, 1.807) is 24.3 Å². The highest BCUT2D eigenvalue weighted by Crippen LogP contribution is 2.23. The molecule has 0 bridgehead atoms. The summed E-state index contributed by atoms with van der Waals surface area (Å²) in [4.78, 5) is 28.0. The number of hydrogen-bond donors (Lipinski definition) is 4. The van der Waals surface area contributed by atoms with Gasteiger partial charge in [-0.05, 0) is 60.7 Å². The third-order valence-corrected chi connectivity index (χ3v) is 4.51. The third-order valence-electron chi connectivity index (χ3n) is 4.51. The van der Waals surface area contributed by atoms with E-state index in [4.69, 9.17) is 5.73 Å². The van der Waals surface area contributed by atoms with Crippen LogP contribution in [0.25, 0.3) is 10.9 Å². The molecule has 6 nitrogen and oxygen atoms in total. The lowest BCUT2D eigenvalue weighted by Crippen LogP contribution is -2.15. The average Bonchev–Trinajstić information content (AvgIpc) is 3.20. The minimum Gasteiger partial charge on any atom is -0.397 e. The summed E-state index contributed by atoms with van der Waals surface area (Å²) in [5, 5.41) is 6.41. The normalized spacial score (nSPS) is 10.7. The number of nitrogens with two attached hydrogens (primary N) is 1. The van der Waals surface area contributed by atoms with E-state index in [1.165, 1.54) is 12.1 Å². The number of benzene rings is 3. The maximum absolute atomic E-state index is 13.1. The summed E-state index contributed by atoms with van der Waals surface area (Å²) in [5.74, 6) is -1.17. The Morgan fingerprint density at radius 3 is 2.14 bits per heavy atom. The number of carbonyl (C=O) groups excluding carboxylic acids is 2. The molecule has 0 aliphatic rings. The van der Waals surface area contributed by atoms with Crippen LogP contribution in [0.3, 0.4) is 0 Å². The van der Waals surface area contributed by atoms with Crippen molar-refractivity contribution in [1.82, 2.24) is 4.98 Å². The Morgan fingerprint density at radius 1 is 0.828 bits per heavy atom. The van der Waals surface area contributed by atoms with E-state index >= 15 is 0 Å². The molecular formula is C22H17FN4O2. The summed E-state index contributed by atoms with van der Waals surface area (Å²) < 4.78 is 13.1. The lowest BCUT2D eigenvalue weighted by Gasteiger charge is -2.09. The molecule has 5 N–H and O–H groups in total. The van der Waals surface area contributed by atoms with Gasteiger partial charge in [0.2, 0.25) is 0 Å². The first-order valence-corrected chi connectivity index (χ1v) is 8.85. The predicted molar refractivity (Wildman–Crippen MR) is 111 cm³/mol. The van der Waals surface area contributed by atoms with Crippen LogP contribution in [0.2, 0.25) is 0 Å². The molecule has 0 spiro atoms. The smallest absolute Gasteiger partial charge is 0.255 e. The molecule has 0 saturated heterocycles. The molecule has 2 amide bonds. The lowest BCUT2D eigenvalue weighted by molar-refractivity contribution is 0.101. The number of fused-ring (bicyclic) bond motifs is 1. The average molecular weight is 388 g/mol. The zero-order chi connectivity index (χ0) is 20.4. The van der Waals surface area contributed by atoms with Crippen molar-refractivity contribution in [3.05, 3.63) is 89.9 Å². The summed E-state index contributed by atoms with van der Waals surface area (Å²) >= 11 is 0. The fourth-order valence-corrected chi connectivity index (χ4v) is 3.00. The molecule has 29 heavy (non-hydrogen) atoms. The van der Waals surface area contributed by atoms with E-state index in [1.807, 2.05) is 30.5 Å². The van der Waals surface area contributed by atoms with Gasteiger partial charge in [0, 0.05) is 28.2 Å². The Kier molecular flexibility index (Phi) is 4.70. The third kappa shape index (κ3) is 3.79. The number of aromatic nitrogens is 1. The molecule has 1 heterocycles. The molecule has 0 aliphatic carbocycles. The van der Waals surface area contributed by atoms with Crippen molar-refractivity contribution in [3.8, 4) is 0 Å². The molecular weight excluding hydrogens is 371 g/mol. The largest absolute Gasteiger partial charge is 0.397 e. The number of nitrogens with one attached hydrogen (secondary N) is 3. The standard InChI is InChI=1S/C22H17FN4O2/c23-15-8-9-20(17(24)12-15)27-22(29)14-6-4-13(5-7-14)21(28)26-19-3-1-2-18-16(19)10-11-25-18/h1-12,25H,24H2,(H,26,28)(H,27,29). The van der Waals surface area contributed by atoms with Gasteiger partial charge in [0.15, 0.2) is 0 Å². The Morgan fingerprint density at radius 2 is 1.48 bits per heavy atom. The highest BCUT2D eigenvalue weighted by atomic mass is 19.1. The number of aromatic amines is 1. The number of halogens is 1. The number of carbonyl (C=O) groups is 2. The summed E-state index contributed by atoms with van der Waals surface area (Å²) in [6.45, 7) is 0. The van der Waals surface area contributed by atoms with Crippen molar-refractivity contribution >= 4 is 39.8 Å². The van der Waals surface area contributed by atoms with Gasteiger partial charge in [-0.2, -0.15) is 0 Å². The second-order valence-electron chi connectivity index (χ2n) is 6.46. The molecule has 144 valence electrons. The van der Waals surface area contributed by atoms with E-state index in [0.717, 1.165) is 17.0 Å². The maximum atomic E-state index is 13.1. The van der Waals surface area contributed by atoms with Gasteiger partial charge in [-0.1, -0.05) is 6.07 Å². The fourth-order valence-electron chi connectivity index (χ4n) is 3.00. The van der Waals surface area contributed by atoms with Gasteiger partial charge in [-0.25, -0.2) is 4.39 Å². The van der Waals surface area contributed by atoms with Gasteiger partial charge in [-0.3, -0.25) is 9.59 Å². The van der Waals surface area contributed by atoms with Crippen LogP contribution in [0.15, 0.2) is 72.9 Å². The van der Waals surface area contributed by atoms with Gasteiger partial charge in [-0.15, -0.1) is 0 Å². The number of nitrogen functional groups attached to an aromatic ring is 1. The summed E-state index contributed by atoms with van der Waals surface area (Å²) in [6.07, 6.45) is 1.81. The van der Waals surface area contributed by atoms with Crippen LogP contribution in [0.1, 0.15) is 20.7 Å². The minimum absolute atomic E-state index is 0.133. The van der Waals surface area contributed by atoms with Gasteiger partial charge >= 0.3 is 0 Å². The summed E-state index contributed by atoms with van der Waals surface area (Å²) in [6, 6.07) is 17.4. The first kappa shape index (κ1) is 18.2. The minimum atomic E-state index is -0.480. The van der Waals surface area contributed by atoms with Crippen LogP contribution in [0.5, 0.6) is 0 Å². The Bertz CT molecular complexity index is 1220. The van der Waals surface area contributed by atoms with Gasteiger partial charge in [0.1, 0.15) is 5.82 Å². The molecule has 7 heteroatoms. The highest BCUT2D eigenvalue weighted by molar-refractivity contribution is 6.10. The second-order valence-corrected chi connectivity index (χ2v) is 6.46. The number of amides is 2. The zero-order valence-corrected chi connectivity index (χ0v) is 15.2. The first-order chi connectivity index (χ1) is 14.0. The molecule has 3 aromatic carbocycles. The Balaban J connectivity index is 1.47. The van der Waals surface area contributed by atoms with Crippen molar-refractivity contribution in [2.75, 3.05) is 16.4 Å². The molecule has 0 saturated carbocycles. The van der Waals surface area contributed by atoms with Crippen LogP contribution in [0.4, 0.5) is 21.5 Å². The number of anilines is 3.